The average molecular weight is 561 g/mol. The van der Waals surface area contributed by atoms with Gasteiger partial charge in [0.15, 0.2) is 11.6 Å². The largest absolute Gasteiger partial charge is 0.505 e. The Bertz CT molecular complexity index is 1410. The summed E-state index contributed by atoms with van der Waals surface area (Å²) in [6, 6.07) is 19.4. The van der Waals surface area contributed by atoms with Crippen molar-refractivity contribution in [2.24, 2.45) is 0 Å². The summed E-state index contributed by atoms with van der Waals surface area (Å²) in [7, 11) is 0. The molecule has 4 aromatic rings. The lowest BCUT2D eigenvalue weighted by Gasteiger charge is -2.15. The third kappa shape index (κ3) is 6.43. The van der Waals surface area contributed by atoms with Gasteiger partial charge in [-0.15, -0.1) is 11.3 Å². The van der Waals surface area contributed by atoms with E-state index in [1.54, 1.807) is 11.3 Å². The summed E-state index contributed by atoms with van der Waals surface area (Å²) in [6.07, 6.45) is 5.79. The third-order valence-corrected chi connectivity index (χ3v) is 9.27. The van der Waals surface area contributed by atoms with Crippen LogP contribution in [0.15, 0.2) is 60.7 Å². The Balaban J connectivity index is 1.18. The highest BCUT2D eigenvalue weighted by Crippen LogP contribution is 2.42. The van der Waals surface area contributed by atoms with Crippen LogP contribution >= 0.6 is 11.3 Å². The van der Waals surface area contributed by atoms with Gasteiger partial charge in [-0.25, -0.2) is 4.39 Å². The Hall–Kier alpha value is -3.13. The van der Waals surface area contributed by atoms with E-state index in [0.717, 1.165) is 56.2 Å². The lowest BCUT2D eigenvalue weighted by molar-refractivity contribution is 0.237. The molecule has 3 heterocycles. The van der Waals surface area contributed by atoms with E-state index in [9.17, 15) is 9.50 Å². The molecule has 5 nitrogen and oxygen atoms in total. The summed E-state index contributed by atoms with van der Waals surface area (Å²) in [5.74, 6) is 0.815. The van der Waals surface area contributed by atoms with Gasteiger partial charge in [0.05, 0.1) is 0 Å². The molecule has 0 bridgehead atoms. The third-order valence-electron chi connectivity index (χ3n) is 8.03. The van der Waals surface area contributed by atoms with Crippen LogP contribution in [0.3, 0.4) is 0 Å². The molecule has 0 spiro atoms. The van der Waals surface area contributed by atoms with Crippen molar-refractivity contribution in [3.05, 3.63) is 77.6 Å². The van der Waals surface area contributed by atoms with Gasteiger partial charge in [0.1, 0.15) is 24.7 Å². The Morgan fingerprint density at radius 2 is 1.30 bits per heavy atom. The maximum atomic E-state index is 14.5. The van der Waals surface area contributed by atoms with Gasteiger partial charge in [-0.1, -0.05) is 12.1 Å². The molecular formula is C33H37FN2O3S. The number of hydrogen-bond acceptors (Lipinski definition) is 6. The molecule has 0 saturated carbocycles. The summed E-state index contributed by atoms with van der Waals surface area (Å²) in [6.45, 7) is 7.98. The minimum absolute atomic E-state index is 0.316. The Labute approximate surface area is 239 Å². The van der Waals surface area contributed by atoms with Crippen molar-refractivity contribution in [2.45, 2.75) is 32.1 Å². The van der Waals surface area contributed by atoms with Crippen LogP contribution in [0.25, 0.3) is 20.5 Å². The second-order valence-electron chi connectivity index (χ2n) is 10.8. The summed E-state index contributed by atoms with van der Waals surface area (Å²) < 4.78 is 27.3. The van der Waals surface area contributed by atoms with Gasteiger partial charge in [0.2, 0.25) is 0 Å². The molecule has 0 unspecified atom stereocenters. The van der Waals surface area contributed by atoms with Gasteiger partial charge >= 0.3 is 0 Å². The summed E-state index contributed by atoms with van der Waals surface area (Å²) in [4.78, 5) is 5.97. The van der Waals surface area contributed by atoms with Crippen molar-refractivity contribution in [1.29, 1.82) is 0 Å². The molecule has 2 saturated heterocycles. The van der Waals surface area contributed by atoms with Crippen LogP contribution in [-0.2, 0) is 6.42 Å². The summed E-state index contributed by atoms with van der Waals surface area (Å²) in [5.41, 5.74) is 3.25. The topological polar surface area (TPSA) is 45.2 Å². The quantitative estimate of drug-likeness (QED) is 0.215. The second kappa shape index (κ2) is 12.6. The molecular weight excluding hydrogens is 523 g/mol. The van der Waals surface area contributed by atoms with Crippen molar-refractivity contribution in [3.63, 3.8) is 0 Å². The summed E-state index contributed by atoms with van der Waals surface area (Å²) in [5, 5.41) is 10.9. The first kappa shape index (κ1) is 27.1. The molecule has 3 aromatic carbocycles. The number of hydrogen-bond donors (Lipinski definition) is 1. The molecule has 2 aliphatic rings. The SMILES string of the molecule is Oc1cc2sc(-c3ccc(OCCN4CCCC4)cc3)c(Cc3ccc(OCCN4CCCC4)cc3)c2cc1F. The maximum Gasteiger partial charge on any atom is 0.165 e. The number of rotatable bonds is 11. The van der Waals surface area contributed by atoms with Crippen LogP contribution in [0.4, 0.5) is 4.39 Å². The monoisotopic (exact) mass is 560 g/mol. The molecule has 7 heteroatoms. The Morgan fingerprint density at radius 3 is 1.88 bits per heavy atom. The van der Waals surface area contributed by atoms with Gasteiger partial charge in [-0.2, -0.15) is 0 Å². The van der Waals surface area contributed by atoms with E-state index in [1.165, 1.54) is 64.0 Å². The van der Waals surface area contributed by atoms with Crippen LogP contribution in [-0.4, -0.2) is 67.4 Å². The molecule has 0 aliphatic carbocycles. The smallest absolute Gasteiger partial charge is 0.165 e. The first-order valence-corrected chi connectivity index (χ1v) is 15.3. The normalized spacial score (nSPS) is 16.2. The van der Waals surface area contributed by atoms with E-state index in [0.29, 0.717) is 19.6 Å². The zero-order chi connectivity index (χ0) is 27.3. The van der Waals surface area contributed by atoms with E-state index >= 15 is 0 Å². The lowest BCUT2D eigenvalue weighted by atomic mass is 9.98. The van der Waals surface area contributed by atoms with Crippen LogP contribution in [0, 0.1) is 5.82 Å². The molecule has 0 atom stereocenters. The molecule has 0 radical (unpaired) electrons. The van der Waals surface area contributed by atoms with Crippen LogP contribution < -0.4 is 9.47 Å². The van der Waals surface area contributed by atoms with E-state index in [1.807, 2.05) is 24.3 Å². The maximum absolute atomic E-state index is 14.5. The second-order valence-corrected chi connectivity index (χ2v) is 11.9. The molecule has 1 aromatic heterocycles. The number of nitrogens with zero attached hydrogens (tertiary/aromatic N) is 2. The highest BCUT2D eigenvalue weighted by molar-refractivity contribution is 7.22. The Morgan fingerprint density at radius 1 is 0.750 bits per heavy atom. The van der Waals surface area contributed by atoms with Crippen LogP contribution in [0.5, 0.6) is 17.2 Å². The fourth-order valence-electron chi connectivity index (χ4n) is 5.77. The number of fused-ring (bicyclic) bond motifs is 1. The molecule has 40 heavy (non-hydrogen) atoms. The number of aromatic hydroxyl groups is 1. The molecule has 0 amide bonds. The average Bonchev–Trinajstić information content (AvgIpc) is 3.74. The number of ether oxygens (including phenoxy) is 2. The van der Waals surface area contributed by atoms with Crippen molar-refractivity contribution in [1.82, 2.24) is 9.80 Å². The first-order chi connectivity index (χ1) is 19.6. The van der Waals surface area contributed by atoms with Crippen LogP contribution in [0.1, 0.15) is 36.8 Å². The van der Waals surface area contributed by atoms with Gasteiger partial charge in [-0.05, 0) is 123 Å². The highest BCUT2D eigenvalue weighted by Gasteiger charge is 2.18. The zero-order valence-corrected chi connectivity index (χ0v) is 23.7. The van der Waals surface area contributed by atoms with Crippen molar-refractivity contribution in [3.8, 4) is 27.7 Å². The fraction of sp³-hybridized carbons (Fsp3) is 0.394. The van der Waals surface area contributed by atoms with Gasteiger partial charge in [-0.3, -0.25) is 9.80 Å². The Kier molecular flexibility index (Phi) is 8.51. The standard InChI is InChI=1S/C33H37FN2O3S/c34-30-22-28-29(21-24-5-9-26(10-6-24)38-19-17-35-13-1-2-14-35)33(40-32(28)23-31(30)37)25-7-11-27(12-8-25)39-20-18-36-15-3-4-16-36/h5-12,22-23,37H,1-4,13-21H2. The minimum atomic E-state index is -0.596. The number of thiophene rings is 1. The van der Waals surface area contributed by atoms with E-state index in [2.05, 4.69) is 34.1 Å². The number of likely N-dealkylation sites (tertiary alicyclic amines) is 2. The van der Waals surface area contributed by atoms with Crippen molar-refractivity contribution in [2.75, 3.05) is 52.5 Å². The number of benzene rings is 3. The fourth-order valence-corrected chi connectivity index (χ4v) is 7.02. The van der Waals surface area contributed by atoms with Gasteiger partial charge in [0, 0.05) is 28.7 Å². The van der Waals surface area contributed by atoms with Crippen LogP contribution in [0.2, 0.25) is 0 Å². The predicted molar refractivity (Wildman–Crippen MR) is 160 cm³/mol. The number of phenols is 1. The number of halogens is 1. The minimum Gasteiger partial charge on any atom is -0.505 e. The van der Waals surface area contributed by atoms with Gasteiger partial charge < -0.3 is 14.6 Å². The highest BCUT2D eigenvalue weighted by atomic mass is 32.1. The lowest BCUT2D eigenvalue weighted by Crippen LogP contribution is -2.25. The van der Waals surface area contributed by atoms with E-state index < -0.39 is 5.82 Å². The molecule has 6 rings (SSSR count). The predicted octanol–water partition coefficient (Wildman–Crippen LogP) is 6.95. The first-order valence-electron chi connectivity index (χ1n) is 14.5. The van der Waals surface area contributed by atoms with Crippen molar-refractivity contribution < 1.29 is 19.0 Å². The zero-order valence-electron chi connectivity index (χ0n) is 22.9. The molecule has 2 aliphatic heterocycles. The van der Waals surface area contributed by atoms with E-state index in [4.69, 9.17) is 9.47 Å². The van der Waals surface area contributed by atoms with E-state index in [-0.39, 0.29) is 5.75 Å². The molecule has 210 valence electrons. The molecule has 1 N–H and O–H groups in total. The number of phenolic OH excluding ortho intramolecular Hbond substituents is 1. The van der Waals surface area contributed by atoms with Crippen molar-refractivity contribution >= 4 is 21.4 Å². The summed E-state index contributed by atoms with van der Waals surface area (Å²) >= 11 is 1.58. The van der Waals surface area contributed by atoms with Gasteiger partial charge in [0.25, 0.3) is 0 Å². The molecule has 2 fully saturated rings.